The SMILES string of the molecule is c1ccc(-n2c3ccccc3c3cc(N(c4ccc(-c5ccc6c(c5)C5(CC7CCC5C7)c5ccccc5-6)cc4)c4ccc(-n5c6ccccc6c6ccccc65)cc4)ccc32)cc1. The van der Waals surface area contributed by atoms with Crippen molar-refractivity contribution in [3.05, 3.63) is 223 Å². The number of rotatable bonds is 6. The van der Waals surface area contributed by atoms with Gasteiger partial charge in [-0.3, -0.25) is 0 Å². The summed E-state index contributed by atoms with van der Waals surface area (Å²) in [5, 5.41) is 5.01. The van der Waals surface area contributed by atoms with Crippen molar-refractivity contribution in [3.8, 4) is 33.6 Å². The van der Waals surface area contributed by atoms with E-state index in [-0.39, 0.29) is 5.41 Å². The molecule has 0 N–H and O–H groups in total. The van der Waals surface area contributed by atoms with E-state index in [9.17, 15) is 0 Å². The molecule has 2 saturated carbocycles. The number of benzene rings is 9. The number of para-hydroxylation sites is 4. The summed E-state index contributed by atoms with van der Waals surface area (Å²) in [4.78, 5) is 2.43. The van der Waals surface area contributed by atoms with E-state index < -0.39 is 0 Å². The Morgan fingerprint density at radius 3 is 1.58 bits per heavy atom. The molecule has 0 radical (unpaired) electrons. The highest BCUT2D eigenvalue weighted by Gasteiger charge is 2.56. The molecule has 64 heavy (non-hydrogen) atoms. The average Bonchev–Trinajstić information content (AvgIpc) is 4.18. The largest absolute Gasteiger partial charge is 0.310 e. The van der Waals surface area contributed by atoms with E-state index in [0.29, 0.717) is 0 Å². The second-order valence-corrected chi connectivity index (χ2v) is 18.5. The minimum Gasteiger partial charge on any atom is -0.310 e. The molecule has 2 heterocycles. The van der Waals surface area contributed by atoms with Crippen molar-refractivity contribution in [1.82, 2.24) is 9.13 Å². The Hall–Kier alpha value is -7.62. The molecule has 2 aromatic heterocycles. The molecule has 0 saturated heterocycles. The van der Waals surface area contributed by atoms with Gasteiger partial charge in [-0.15, -0.1) is 0 Å². The van der Waals surface area contributed by atoms with Gasteiger partial charge in [-0.05, 0) is 155 Å². The predicted molar refractivity (Wildman–Crippen MR) is 267 cm³/mol. The van der Waals surface area contributed by atoms with Gasteiger partial charge < -0.3 is 14.0 Å². The van der Waals surface area contributed by atoms with Gasteiger partial charge in [0.2, 0.25) is 0 Å². The highest BCUT2D eigenvalue weighted by Crippen LogP contribution is 2.66. The summed E-state index contributed by atoms with van der Waals surface area (Å²) in [6.45, 7) is 0. The predicted octanol–water partition coefficient (Wildman–Crippen LogP) is 16.1. The number of hydrogen-bond acceptors (Lipinski definition) is 1. The minimum atomic E-state index is 0.162. The monoisotopic (exact) mass is 819 g/mol. The second-order valence-electron chi connectivity index (χ2n) is 18.5. The normalized spacial score (nSPS) is 18.4. The first-order valence-corrected chi connectivity index (χ1v) is 23.0. The lowest BCUT2D eigenvalue weighted by molar-refractivity contribution is 0.327. The fraction of sp³-hybridized carbons (Fsp3) is 0.115. The zero-order chi connectivity index (χ0) is 41.9. The molecule has 3 nitrogen and oxygen atoms in total. The Balaban J connectivity index is 0.904. The smallest absolute Gasteiger partial charge is 0.0542 e. The maximum atomic E-state index is 2.56. The molecular weight excluding hydrogens is 775 g/mol. The van der Waals surface area contributed by atoms with Crippen LogP contribution in [0.4, 0.5) is 17.1 Å². The average molecular weight is 820 g/mol. The summed E-state index contributed by atoms with van der Waals surface area (Å²) in [5.74, 6) is 1.59. The molecule has 3 aliphatic carbocycles. The molecule has 2 fully saturated rings. The molecular formula is C61H45N3. The summed E-state index contributed by atoms with van der Waals surface area (Å²) in [6, 6.07) is 79.1. The number of aromatic nitrogens is 2. The lowest BCUT2D eigenvalue weighted by Gasteiger charge is -2.36. The molecule has 3 aliphatic rings. The molecule has 14 rings (SSSR count). The van der Waals surface area contributed by atoms with Gasteiger partial charge in [0.1, 0.15) is 0 Å². The first-order chi connectivity index (χ1) is 31.7. The molecule has 11 aromatic rings. The summed E-state index contributed by atoms with van der Waals surface area (Å²) in [7, 11) is 0. The quantitative estimate of drug-likeness (QED) is 0.163. The van der Waals surface area contributed by atoms with Crippen LogP contribution in [0.1, 0.15) is 36.8 Å². The third kappa shape index (κ3) is 5.10. The molecule has 0 aliphatic heterocycles. The van der Waals surface area contributed by atoms with Crippen molar-refractivity contribution >= 4 is 60.7 Å². The maximum absolute atomic E-state index is 2.56. The van der Waals surface area contributed by atoms with E-state index in [0.717, 1.165) is 40.3 Å². The van der Waals surface area contributed by atoms with Crippen LogP contribution in [-0.2, 0) is 5.41 Å². The number of nitrogens with zero attached hydrogens (tertiary/aromatic N) is 3. The Bertz CT molecular complexity index is 3580. The Labute approximate surface area is 373 Å². The van der Waals surface area contributed by atoms with Crippen molar-refractivity contribution in [1.29, 1.82) is 0 Å². The molecule has 304 valence electrons. The molecule has 2 bridgehead atoms. The van der Waals surface area contributed by atoms with Crippen LogP contribution in [0, 0.1) is 11.8 Å². The summed E-state index contributed by atoms with van der Waals surface area (Å²) < 4.78 is 4.79. The highest BCUT2D eigenvalue weighted by atomic mass is 15.1. The van der Waals surface area contributed by atoms with E-state index in [4.69, 9.17) is 0 Å². The van der Waals surface area contributed by atoms with Crippen molar-refractivity contribution in [2.45, 2.75) is 31.1 Å². The van der Waals surface area contributed by atoms with Crippen LogP contribution in [0.15, 0.2) is 212 Å². The second kappa shape index (κ2) is 13.7. The molecule has 1 spiro atoms. The van der Waals surface area contributed by atoms with Gasteiger partial charge in [-0.25, -0.2) is 0 Å². The van der Waals surface area contributed by atoms with Crippen LogP contribution >= 0.6 is 0 Å². The zero-order valence-corrected chi connectivity index (χ0v) is 35.5. The highest BCUT2D eigenvalue weighted by molar-refractivity contribution is 6.11. The van der Waals surface area contributed by atoms with Crippen LogP contribution in [0.3, 0.4) is 0 Å². The minimum absolute atomic E-state index is 0.162. The summed E-state index contributed by atoms with van der Waals surface area (Å²) >= 11 is 0. The molecule has 3 heteroatoms. The maximum Gasteiger partial charge on any atom is 0.0542 e. The van der Waals surface area contributed by atoms with Gasteiger partial charge in [0.05, 0.1) is 22.1 Å². The third-order valence-electron chi connectivity index (χ3n) is 15.4. The Morgan fingerprint density at radius 1 is 0.391 bits per heavy atom. The van der Waals surface area contributed by atoms with E-state index in [1.165, 1.54) is 91.5 Å². The summed E-state index contributed by atoms with van der Waals surface area (Å²) in [6.07, 6.45) is 5.42. The van der Waals surface area contributed by atoms with Crippen molar-refractivity contribution in [2.24, 2.45) is 11.8 Å². The molecule has 3 atom stereocenters. The number of anilines is 3. The lowest BCUT2D eigenvalue weighted by atomic mass is 9.66. The van der Waals surface area contributed by atoms with Gasteiger partial charge in [0.25, 0.3) is 0 Å². The van der Waals surface area contributed by atoms with Crippen molar-refractivity contribution in [3.63, 3.8) is 0 Å². The van der Waals surface area contributed by atoms with Gasteiger partial charge >= 0.3 is 0 Å². The Morgan fingerprint density at radius 2 is 0.922 bits per heavy atom. The van der Waals surface area contributed by atoms with Crippen molar-refractivity contribution in [2.75, 3.05) is 4.90 Å². The van der Waals surface area contributed by atoms with E-state index >= 15 is 0 Å². The molecule has 9 aromatic carbocycles. The van der Waals surface area contributed by atoms with E-state index in [1.54, 1.807) is 11.1 Å². The first-order valence-electron chi connectivity index (χ1n) is 23.0. The fourth-order valence-electron chi connectivity index (χ4n) is 12.7. The molecule has 0 amide bonds. The topological polar surface area (TPSA) is 13.1 Å². The standard InChI is InChI=1S/C61H45N3/c1-2-12-44(13-3-1)63-59-21-11-7-17-53(59)54-38-48(33-35-60(54)63)62(46-29-31-47(32-30-46)64-57-19-9-5-15-51(57)52-16-6-10-20-58(52)64)45-27-23-41(24-28-45)42-25-34-50-49-14-4-8-18-55(49)61(56(50)37-42)39-40-22-26-43(61)36-40/h1-21,23-25,27-35,37-38,40,43H,22,26,36,39H2. The van der Waals surface area contributed by atoms with Crippen LogP contribution in [-0.4, -0.2) is 9.13 Å². The number of hydrogen-bond donors (Lipinski definition) is 0. The van der Waals surface area contributed by atoms with E-state index in [1.807, 2.05) is 0 Å². The zero-order valence-electron chi connectivity index (χ0n) is 35.5. The van der Waals surface area contributed by atoms with Gasteiger partial charge in [-0.2, -0.15) is 0 Å². The fourth-order valence-corrected chi connectivity index (χ4v) is 12.7. The van der Waals surface area contributed by atoms with Crippen molar-refractivity contribution < 1.29 is 0 Å². The Kier molecular flexibility index (Phi) is 7.68. The summed E-state index contributed by atoms with van der Waals surface area (Å²) in [5.41, 5.74) is 19.2. The van der Waals surface area contributed by atoms with Crippen LogP contribution < -0.4 is 4.90 Å². The van der Waals surface area contributed by atoms with Gasteiger partial charge in [-0.1, -0.05) is 128 Å². The van der Waals surface area contributed by atoms with Crippen LogP contribution in [0.5, 0.6) is 0 Å². The molecule has 3 unspecified atom stereocenters. The third-order valence-corrected chi connectivity index (χ3v) is 15.4. The van der Waals surface area contributed by atoms with Crippen LogP contribution in [0.2, 0.25) is 0 Å². The number of fused-ring (bicyclic) bond motifs is 14. The lowest BCUT2D eigenvalue weighted by Crippen LogP contribution is -2.31. The van der Waals surface area contributed by atoms with Crippen LogP contribution in [0.25, 0.3) is 77.2 Å². The van der Waals surface area contributed by atoms with Gasteiger partial charge in [0, 0.05) is 55.4 Å². The van der Waals surface area contributed by atoms with Gasteiger partial charge in [0.15, 0.2) is 0 Å². The first kappa shape index (κ1) is 35.9. The van der Waals surface area contributed by atoms with E-state index in [2.05, 4.69) is 226 Å².